The molecule has 0 aliphatic carbocycles. The zero-order valence-electron chi connectivity index (χ0n) is 25.1. The number of anilines is 2. The maximum atomic E-state index is 13.4. The number of hydrogen-bond donors (Lipinski definition) is 2. The van der Waals surface area contributed by atoms with Crippen LogP contribution < -0.4 is 15.0 Å². The highest BCUT2D eigenvalue weighted by Gasteiger charge is 2.26. The van der Waals surface area contributed by atoms with Crippen molar-refractivity contribution in [2.45, 2.75) is 25.8 Å². The van der Waals surface area contributed by atoms with E-state index >= 15 is 0 Å². The third-order valence-corrected chi connectivity index (χ3v) is 10.9. The Hall–Kier alpha value is -5.02. The lowest BCUT2D eigenvalue weighted by Crippen LogP contribution is -2.32. The predicted octanol–water partition coefficient (Wildman–Crippen LogP) is 7.99. The van der Waals surface area contributed by atoms with Gasteiger partial charge in [-0.05, 0) is 71.7 Å². The fourth-order valence-corrected chi connectivity index (χ4v) is 8.42. The van der Waals surface area contributed by atoms with Gasteiger partial charge in [-0.25, -0.2) is 14.8 Å². The summed E-state index contributed by atoms with van der Waals surface area (Å²) in [5.41, 5.74) is 6.47. The van der Waals surface area contributed by atoms with E-state index in [1.54, 1.807) is 11.3 Å². The van der Waals surface area contributed by atoms with Crippen molar-refractivity contribution < 1.29 is 19.4 Å². The van der Waals surface area contributed by atoms with Crippen molar-refractivity contribution in [3.05, 3.63) is 110 Å². The molecule has 0 atom stereocenters. The molecule has 3 aromatic heterocycles. The number of para-hydroxylation sites is 1. The zero-order valence-corrected chi connectivity index (χ0v) is 27.5. The number of carboxylic acid groups (broad SMARTS) is 1. The minimum atomic E-state index is -1.05. The highest BCUT2D eigenvalue weighted by molar-refractivity contribution is 7.22. The predicted molar refractivity (Wildman–Crippen MR) is 189 cm³/mol. The number of thiophene rings is 1. The highest BCUT2D eigenvalue weighted by atomic mass is 32.1. The van der Waals surface area contributed by atoms with Gasteiger partial charge in [-0.1, -0.05) is 53.7 Å². The number of aromatic carboxylic acids is 1. The van der Waals surface area contributed by atoms with Gasteiger partial charge in [0.05, 0.1) is 16.8 Å². The van der Waals surface area contributed by atoms with Gasteiger partial charge in [-0.3, -0.25) is 10.1 Å². The Bertz CT molecular complexity index is 2110. The highest BCUT2D eigenvalue weighted by Crippen LogP contribution is 2.34. The Morgan fingerprint density at radius 1 is 1.02 bits per heavy atom. The molecule has 0 saturated carbocycles. The van der Waals surface area contributed by atoms with Crippen LogP contribution in [0.1, 0.15) is 48.8 Å². The summed E-state index contributed by atoms with van der Waals surface area (Å²) < 4.78 is 6.97. The summed E-state index contributed by atoms with van der Waals surface area (Å²) in [5.74, 6) is 2.19. The zero-order chi connectivity index (χ0) is 32.3. The largest absolute Gasteiger partial charge is 0.494 e. The van der Waals surface area contributed by atoms with Crippen molar-refractivity contribution in [3.63, 3.8) is 0 Å². The van der Waals surface area contributed by atoms with Crippen LogP contribution in [0, 0.1) is 12.3 Å². The van der Waals surface area contributed by atoms with Crippen molar-refractivity contribution in [1.82, 2.24) is 9.97 Å². The summed E-state index contributed by atoms with van der Waals surface area (Å²) in [5, 5.41) is 18.1. The molecular weight excluding hydrogens is 649 g/mol. The van der Waals surface area contributed by atoms with Crippen LogP contribution in [-0.4, -0.2) is 40.1 Å². The van der Waals surface area contributed by atoms with Gasteiger partial charge < -0.3 is 14.7 Å². The van der Waals surface area contributed by atoms with Crippen molar-refractivity contribution in [2.75, 3.05) is 23.4 Å². The lowest BCUT2D eigenvalue weighted by atomic mass is 9.94. The summed E-state index contributed by atoms with van der Waals surface area (Å²) in [4.78, 5) is 37.4. The summed E-state index contributed by atoms with van der Waals surface area (Å²) in [6.45, 7) is 1.57. The Morgan fingerprint density at radius 2 is 1.87 bits per heavy atom. The molecule has 6 aromatic rings. The Balaban J connectivity index is 1.01. The second-order valence-corrected chi connectivity index (χ2v) is 13.8. The number of nitrogens with zero attached hydrogens (tertiary/aromatic N) is 3. The van der Waals surface area contributed by atoms with E-state index in [1.165, 1.54) is 22.7 Å². The van der Waals surface area contributed by atoms with Crippen molar-refractivity contribution in [1.29, 1.82) is 0 Å². The lowest BCUT2D eigenvalue weighted by Gasteiger charge is -2.29. The first-order chi connectivity index (χ1) is 23.0. The SMILES string of the molecule is C#Cc1cscc1-c1ccc(OCCCc2sc(N3CCc4cccc(C(=O)Nc5nc6ccccc6s5)c4C3)nc2C(=O)O)cc1. The van der Waals surface area contributed by atoms with Gasteiger partial charge in [0, 0.05) is 40.0 Å². The third kappa shape index (κ3) is 6.49. The number of amides is 1. The Labute approximate surface area is 283 Å². The quantitative estimate of drug-likeness (QED) is 0.112. The number of fused-ring (bicyclic) bond motifs is 2. The van der Waals surface area contributed by atoms with Gasteiger partial charge in [0.1, 0.15) is 5.75 Å². The van der Waals surface area contributed by atoms with Crippen LogP contribution in [0.2, 0.25) is 0 Å². The van der Waals surface area contributed by atoms with Gasteiger partial charge in [-0.2, -0.15) is 11.3 Å². The van der Waals surface area contributed by atoms with E-state index in [1.807, 2.05) is 77.5 Å². The number of carboxylic acids is 1. The smallest absolute Gasteiger partial charge is 0.355 e. The molecule has 0 bridgehead atoms. The first-order valence-corrected chi connectivity index (χ1v) is 17.6. The van der Waals surface area contributed by atoms with E-state index in [2.05, 4.69) is 26.1 Å². The number of aromatic nitrogens is 2. The Morgan fingerprint density at radius 3 is 2.68 bits per heavy atom. The molecule has 0 spiro atoms. The van der Waals surface area contributed by atoms with Gasteiger partial charge in [-0.15, -0.1) is 17.8 Å². The summed E-state index contributed by atoms with van der Waals surface area (Å²) in [6, 6.07) is 21.4. The van der Waals surface area contributed by atoms with Crippen LogP contribution in [0.15, 0.2) is 77.5 Å². The van der Waals surface area contributed by atoms with E-state index in [9.17, 15) is 14.7 Å². The number of nitrogens with one attached hydrogen (secondary N) is 1. The summed E-state index contributed by atoms with van der Waals surface area (Å²) in [7, 11) is 0. The second kappa shape index (κ2) is 13.4. The molecule has 2 N–H and O–H groups in total. The molecule has 0 radical (unpaired) electrons. The van der Waals surface area contributed by atoms with Crippen molar-refractivity contribution in [2.24, 2.45) is 0 Å². The van der Waals surface area contributed by atoms with Crippen LogP contribution in [0.3, 0.4) is 0 Å². The monoisotopic (exact) mass is 676 g/mol. The van der Waals surface area contributed by atoms with E-state index in [0.717, 1.165) is 50.2 Å². The summed E-state index contributed by atoms with van der Waals surface area (Å²) in [6.07, 6.45) is 7.49. The number of terminal acetylenes is 1. The second-order valence-electron chi connectivity index (χ2n) is 10.9. The maximum Gasteiger partial charge on any atom is 0.355 e. The van der Waals surface area contributed by atoms with Crippen LogP contribution in [-0.2, 0) is 19.4 Å². The van der Waals surface area contributed by atoms with Gasteiger partial charge >= 0.3 is 5.97 Å². The average Bonchev–Trinajstić information content (AvgIpc) is 3.84. The van der Waals surface area contributed by atoms with Gasteiger partial charge in [0.15, 0.2) is 16.0 Å². The number of thiazole rings is 2. The van der Waals surface area contributed by atoms with Crippen LogP contribution in [0.4, 0.5) is 10.3 Å². The van der Waals surface area contributed by atoms with Crippen molar-refractivity contribution in [3.8, 4) is 29.2 Å². The lowest BCUT2D eigenvalue weighted by molar-refractivity contribution is 0.0690. The normalized spacial score (nSPS) is 12.4. The number of ether oxygens (including phenoxy) is 1. The molecule has 3 aromatic carbocycles. The molecule has 8 nitrogen and oxygen atoms in total. The molecule has 234 valence electrons. The fourth-order valence-electron chi connectivity index (χ4n) is 5.64. The van der Waals surface area contributed by atoms with E-state index in [4.69, 9.17) is 11.2 Å². The minimum Gasteiger partial charge on any atom is -0.494 e. The molecule has 1 amide bonds. The number of rotatable bonds is 10. The third-order valence-electron chi connectivity index (χ3n) is 7.99. The molecule has 0 saturated heterocycles. The molecule has 7 rings (SSSR count). The number of hydrogen-bond acceptors (Lipinski definition) is 9. The van der Waals surface area contributed by atoms with Crippen molar-refractivity contribution >= 4 is 66.4 Å². The van der Waals surface area contributed by atoms with Crippen LogP contribution >= 0.6 is 34.0 Å². The van der Waals surface area contributed by atoms with E-state index < -0.39 is 5.97 Å². The number of benzene rings is 3. The number of carbonyl (C=O) groups is 2. The molecular formula is C36H28N4O4S3. The number of carbonyl (C=O) groups excluding carboxylic acids is 1. The topological polar surface area (TPSA) is 105 Å². The molecule has 0 unspecified atom stereocenters. The summed E-state index contributed by atoms with van der Waals surface area (Å²) >= 11 is 4.41. The van der Waals surface area contributed by atoms with E-state index in [-0.39, 0.29) is 11.6 Å². The molecule has 4 heterocycles. The minimum absolute atomic E-state index is 0.0714. The van der Waals surface area contributed by atoms with Gasteiger partial charge in [0.2, 0.25) is 0 Å². The van der Waals surface area contributed by atoms with Gasteiger partial charge in [0.25, 0.3) is 5.91 Å². The molecule has 0 fully saturated rings. The molecule has 11 heteroatoms. The van der Waals surface area contributed by atoms with E-state index in [0.29, 0.717) is 53.2 Å². The first kappa shape index (κ1) is 30.6. The van der Waals surface area contributed by atoms with Crippen LogP contribution in [0.25, 0.3) is 21.3 Å². The Kier molecular flexibility index (Phi) is 8.72. The maximum absolute atomic E-state index is 13.4. The number of aryl methyl sites for hydroxylation is 1. The molecule has 1 aliphatic rings. The standard InChI is InChI=1S/C36H28N4O4S3/c1-2-22-20-45-21-28(22)24-12-14-25(15-13-24)44-18-6-11-31-32(34(42)43)38-36(47-31)40-17-16-23-7-5-8-26(27(23)19-40)33(41)39-35-37-29-9-3-4-10-30(29)46-35/h1,3-5,7-10,12-15,20-21H,6,11,16-19H2,(H,42,43)(H,37,39,41). The van der Waals surface area contributed by atoms with Crippen LogP contribution in [0.5, 0.6) is 5.75 Å². The average molecular weight is 677 g/mol. The fraction of sp³-hybridized carbons (Fsp3) is 0.167. The molecule has 47 heavy (non-hydrogen) atoms. The molecule has 1 aliphatic heterocycles. The first-order valence-electron chi connectivity index (χ1n) is 15.0.